The lowest BCUT2D eigenvalue weighted by atomic mass is 9.79. The van der Waals surface area contributed by atoms with E-state index in [0.717, 1.165) is 29.7 Å². The Kier molecular flexibility index (Phi) is 3.62. The highest BCUT2D eigenvalue weighted by Crippen LogP contribution is 2.29. The quantitative estimate of drug-likeness (QED) is 0.741. The minimum atomic E-state index is -0.00129. The molecule has 1 aromatic carbocycles. The lowest BCUT2D eigenvalue weighted by Gasteiger charge is -2.32. The number of anilines is 1. The van der Waals surface area contributed by atoms with E-state index in [0.29, 0.717) is 17.2 Å². The molecule has 3 unspecified atom stereocenters. The summed E-state index contributed by atoms with van der Waals surface area (Å²) in [5, 5.41) is 4.08. The molecule has 0 saturated heterocycles. The highest BCUT2D eigenvalue weighted by atomic mass is 16.1. The van der Waals surface area contributed by atoms with Crippen LogP contribution in [0.15, 0.2) is 24.4 Å². The Balaban J connectivity index is 1.77. The molecule has 1 heterocycles. The number of nitrogens with two attached hydrogens (primary N) is 1. The van der Waals surface area contributed by atoms with Crippen LogP contribution in [0.2, 0.25) is 0 Å². The van der Waals surface area contributed by atoms with Crippen molar-refractivity contribution in [3.63, 3.8) is 0 Å². The van der Waals surface area contributed by atoms with Crippen LogP contribution < -0.4 is 11.1 Å². The standard InChI is InChI=1S/C17H23N3O/c1-10-3-5-13(7-11(10)2)20-17(21)15-9-19-16-6-4-12(18)8-14(15)16/h4,6,8-11,13,19H,3,5,7,18H2,1-2H3,(H,20,21). The van der Waals surface area contributed by atoms with E-state index in [-0.39, 0.29) is 11.9 Å². The van der Waals surface area contributed by atoms with Gasteiger partial charge in [-0.25, -0.2) is 0 Å². The average molecular weight is 285 g/mol. The number of amides is 1. The third-order valence-electron chi connectivity index (χ3n) is 4.88. The Morgan fingerprint density at radius 2 is 2.10 bits per heavy atom. The van der Waals surface area contributed by atoms with Crippen molar-refractivity contribution in [2.45, 2.75) is 39.2 Å². The van der Waals surface area contributed by atoms with Crippen LogP contribution >= 0.6 is 0 Å². The molecular weight excluding hydrogens is 262 g/mol. The van der Waals surface area contributed by atoms with Crippen LogP contribution in [0.4, 0.5) is 5.69 Å². The summed E-state index contributed by atoms with van der Waals surface area (Å²) < 4.78 is 0. The highest BCUT2D eigenvalue weighted by Gasteiger charge is 2.26. The van der Waals surface area contributed by atoms with Crippen molar-refractivity contribution in [3.8, 4) is 0 Å². The molecule has 0 radical (unpaired) electrons. The van der Waals surface area contributed by atoms with Gasteiger partial charge in [0.05, 0.1) is 5.56 Å². The van der Waals surface area contributed by atoms with Gasteiger partial charge in [-0.3, -0.25) is 4.79 Å². The molecule has 1 aliphatic carbocycles. The fraction of sp³-hybridized carbons (Fsp3) is 0.471. The summed E-state index contributed by atoms with van der Waals surface area (Å²) in [6.07, 6.45) is 5.10. The van der Waals surface area contributed by atoms with E-state index in [1.54, 1.807) is 6.20 Å². The highest BCUT2D eigenvalue weighted by molar-refractivity contribution is 6.07. The van der Waals surface area contributed by atoms with Gasteiger partial charge in [-0.15, -0.1) is 0 Å². The smallest absolute Gasteiger partial charge is 0.253 e. The fourth-order valence-electron chi connectivity index (χ4n) is 3.27. The molecule has 3 atom stereocenters. The second-order valence-electron chi connectivity index (χ2n) is 6.45. The molecule has 1 aromatic heterocycles. The van der Waals surface area contributed by atoms with Crippen LogP contribution in [0, 0.1) is 11.8 Å². The topological polar surface area (TPSA) is 70.9 Å². The van der Waals surface area contributed by atoms with E-state index in [2.05, 4.69) is 24.1 Å². The number of fused-ring (bicyclic) bond motifs is 1. The molecule has 4 N–H and O–H groups in total. The molecule has 3 rings (SSSR count). The maximum absolute atomic E-state index is 12.5. The molecule has 4 nitrogen and oxygen atoms in total. The number of nitrogens with one attached hydrogen (secondary N) is 2. The summed E-state index contributed by atoms with van der Waals surface area (Å²) in [5.74, 6) is 1.42. The molecule has 0 aliphatic heterocycles. The Hall–Kier alpha value is -1.97. The van der Waals surface area contributed by atoms with Gasteiger partial charge in [-0.05, 0) is 49.3 Å². The maximum atomic E-state index is 12.5. The van der Waals surface area contributed by atoms with Crippen molar-refractivity contribution >= 4 is 22.5 Å². The lowest BCUT2D eigenvalue weighted by Crippen LogP contribution is -2.39. The fourth-order valence-corrected chi connectivity index (χ4v) is 3.27. The van der Waals surface area contributed by atoms with Gasteiger partial charge in [0.2, 0.25) is 0 Å². The van der Waals surface area contributed by atoms with Gasteiger partial charge < -0.3 is 16.0 Å². The van der Waals surface area contributed by atoms with Gasteiger partial charge in [-0.1, -0.05) is 13.8 Å². The minimum Gasteiger partial charge on any atom is -0.399 e. The third kappa shape index (κ3) is 2.75. The van der Waals surface area contributed by atoms with Gasteiger partial charge in [-0.2, -0.15) is 0 Å². The summed E-state index contributed by atoms with van der Waals surface area (Å²) in [6, 6.07) is 5.89. The van der Waals surface area contributed by atoms with Crippen LogP contribution in [0.5, 0.6) is 0 Å². The number of carbonyl (C=O) groups excluding carboxylic acids is 1. The van der Waals surface area contributed by atoms with Crippen molar-refractivity contribution in [3.05, 3.63) is 30.0 Å². The summed E-state index contributed by atoms with van der Waals surface area (Å²) in [4.78, 5) is 15.6. The normalized spacial score (nSPS) is 25.9. The molecule has 2 aromatic rings. The molecule has 1 aliphatic rings. The molecule has 1 saturated carbocycles. The number of H-pyrrole nitrogens is 1. The molecular formula is C17H23N3O. The predicted octanol–water partition coefficient (Wildman–Crippen LogP) is 3.30. The number of rotatable bonds is 2. The van der Waals surface area contributed by atoms with Crippen LogP contribution in [0.25, 0.3) is 10.9 Å². The van der Waals surface area contributed by atoms with E-state index in [9.17, 15) is 4.79 Å². The second-order valence-corrected chi connectivity index (χ2v) is 6.45. The van der Waals surface area contributed by atoms with Crippen LogP contribution in [0.3, 0.4) is 0 Å². The van der Waals surface area contributed by atoms with Gasteiger partial charge in [0.25, 0.3) is 5.91 Å². The summed E-state index contributed by atoms with van der Waals surface area (Å²) in [6.45, 7) is 4.57. The molecule has 112 valence electrons. The Morgan fingerprint density at radius 1 is 1.29 bits per heavy atom. The zero-order chi connectivity index (χ0) is 15.0. The second kappa shape index (κ2) is 5.43. The van der Waals surface area contributed by atoms with Crippen LogP contribution in [-0.4, -0.2) is 16.9 Å². The number of hydrogen-bond acceptors (Lipinski definition) is 2. The van der Waals surface area contributed by atoms with Crippen molar-refractivity contribution < 1.29 is 4.79 Å². The molecule has 1 amide bonds. The zero-order valence-electron chi connectivity index (χ0n) is 12.6. The van der Waals surface area contributed by atoms with E-state index in [1.165, 1.54) is 6.42 Å². The number of carbonyl (C=O) groups is 1. The van der Waals surface area contributed by atoms with Gasteiger partial charge in [0, 0.05) is 28.8 Å². The van der Waals surface area contributed by atoms with E-state index < -0.39 is 0 Å². The molecule has 21 heavy (non-hydrogen) atoms. The Morgan fingerprint density at radius 3 is 2.86 bits per heavy atom. The van der Waals surface area contributed by atoms with Crippen LogP contribution in [-0.2, 0) is 0 Å². The van der Waals surface area contributed by atoms with Gasteiger partial charge in [0.1, 0.15) is 0 Å². The van der Waals surface area contributed by atoms with E-state index in [4.69, 9.17) is 5.73 Å². The first-order valence-corrected chi connectivity index (χ1v) is 7.72. The number of benzene rings is 1. The first kappa shape index (κ1) is 14.0. The monoisotopic (exact) mass is 285 g/mol. The Labute approximate surface area is 125 Å². The van der Waals surface area contributed by atoms with E-state index >= 15 is 0 Å². The predicted molar refractivity (Wildman–Crippen MR) is 86.1 cm³/mol. The largest absolute Gasteiger partial charge is 0.399 e. The molecule has 0 bridgehead atoms. The van der Waals surface area contributed by atoms with E-state index in [1.807, 2.05) is 18.2 Å². The average Bonchev–Trinajstić information content (AvgIpc) is 2.86. The summed E-state index contributed by atoms with van der Waals surface area (Å²) in [7, 11) is 0. The maximum Gasteiger partial charge on any atom is 0.253 e. The van der Waals surface area contributed by atoms with Crippen molar-refractivity contribution in [1.29, 1.82) is 0 Å². The van der Waals surface area contributed by atoms with Crippen LogP contribution in [0.1, 0.15) is 43.5 Å². The zero-order valence-corrected chi connectivity index (χ0v) is 12.6. The number of aromatic nitrogens is 1. The molecule has 0 spiro atoms. The first-order chi connectivity index (χ1) is 10.0. The third-order valence-corrected chi connectivity index (χ3v) is 4.88. The minimum absolute atomic E-state index is 0.00129. The van der Waals surface area contributed by atoms with Crippen molar-refractivity contribution in [1.82, 2.24) is 10.3 Å². The lowest BCUT2D eigenvalue weighted by molar-refractivity contribution is 0.0912. The van der Waals surface area contributed by atoms with Crippen molar-refractivity contribution in [2.24, 2.45) is 11.8 Å². The first-order valence-electron chi connectivity index (χ1n) is 7.72. The van der Waals surface area contributed by atoms with Gasteiger partial charge in [0.15, 0.2) is 0 Å². The van der Waals surface area contributed by atoms with Gasteiger partial charge >= 0.3 is 0 Å². The SMILES string of the molecule is CC1CCC(NC(=O)c2c[nH]c3ccc(N)cc23)CC1C. The van der Waals surface area contributed by atoms with Crippen molar-refractivity contribution in [2.75, 3.05) is 5.73 Å². The number of hydrogen-bond donors (Lipinski definition) is 3. The molecule has 1 fully saturated rings. The molecule has 4 heteroatoms. The number of nitrogen functional groups attached to an aromatic ring is 1. The summed E-state index contributed by atoms with van der Waals surface area (Å²) in [5.41, 5.74) is 8.13. The summed E-state index contributed by atoms with van der Waals surface area (Å²) >= 11 is 0. The Bertz CT molecular complexity index is 661. The number of aromatic amines is 1.